The molecule has 1 aliphatic heterocycles. The fourth-order valence-corrected chi connectivity index (χ4v) is 3.22. The van der Waals surface area contributed by atoms with E-state index in [-0.39, 0.29) is 6.03 Å². The van der Waals surface area contributed by atoms with Crippen molar-refractivity contribution in [1.29, 1.82) is 5.26 Å². The van der Waals surface area contributed by atoms with Gasteiger partial charge in [-0.25, -0.2) is 4.79 Å². The van der Waals surface area contributed by atoms with Gasteiger partial charge in [0.2, 0.25) is 0 Å². The van der Waals surface area contributed by atoms with Gasteiger partial charge in [-0.3, -0.25) is 4.90 Å². The minimum absolute atomic E-state index is 0.167. The van der Waals surface area contributed by atoms with E-state index in [9.17, 15) is 4.79 Å². The number of hydrogen-bond acceptors (Lipinski definition) is 2. The number of nitrogens with zero attached hydrogens (tertiary/aromatic N) is 3. The number of urea groups is 1. The quantitative estimate of drug-likeness (QED) is 0.745. The molecule has 2 amide bonds. The van der Waals surface area contributed by atoms with Crippen molar-refractivity contribution >= 4 is 28.3 Å². The van der Waals surface area contributed by atoms with Crippen LogP contribution in [-0.4, -0.2) is 17.1 Å². The van der Waals surface area contributed by atoms with Crippen molar-refractivity contribution in [1.82, 2.24) is 4.57 Å². The second-order valence-electron chi connectivity index (χ2n) is 5.99. The first-order valence-corrected chi connectivity index (χ1v) is 7.82. The summed E-state index contributed by atoms with van der Waals surface area (Å²) in [5, 5.41) is 13.0. The minimum atomic E-state index is -0.167. The highest BCUT2D eigenvalue weighted by molar-refractivity contribution is 6.04. The van der Waals surface area contributed by atoms with Crippen molar-refractivity contribution in [2.75, 3.05) is 16.8 Å². The van der Waals surface area contributed by atoms with Crippen LogP contribution in [0.1, 0.15) is 11.1 Å². The Morgan fingerprint density at radius 1 is 1.25 bits per heavy atom. The first-order chi connectivity index (χ1) is 11.7. The van der Waals surface area contributed by atoms with Crippen LogP contribution >= 0.6 is 0 Å². The molecule has 0 unspecified atom stereocenters. The Kier molecular flexibility index (Phi) is 3.24. The number of hydrogen-bond donors (Lipinski definition) is 1. The maximum Gasteiger partial charge on any atom is 0.326 e. The Hall–Kier alpha value is -3.26. The lowest BCUT2D eigenvalue weighted by molar-refractivity contribution is 0.257. The minimum Gasteiger partial charge on any atom is -0.351 e. The third-order valence-electron chi connectivity index (χ3n) is 4.47. The smallest absolute Gasteiger partial charge is 0.326 e. The number of aryl methyl sites for hydroxylation is 1. The molecule has 0 saturated heterocycles. The van der Waals surface area contributed by atoms with Crippen molar-refractivity contribution in [3.8, 4) is 6.07 Å². The summed E-state index contributed by atoms with van der Waals surface area (Å²) in [5.41, 5.74) is 4.49. The van der Waals surface area contributed by atoms with Gasteiger partial charge in [0.05, 0.1) is 11.6 Å². The monoisotopic (exact) mass is 316 g/mol. The number of nitriles is 1. The van der Waals surface area contributed by atoms with Gasteiger partial charge in [-0.2, -0.15) is 5.26 Å². The lowest BCUT2D eigenvalue weighted by Gasteiger charge is -2.18. The number of fused-ring (bicyclic) bond motifs is 2. The van der Waals surface area contributed by atoms with Crippen LogP contribution in [0.3, 0.4) is 0 Å². The van der Waals surface area contributed by atoms with Crippen LogP contribution in [0.2, 0.25) is 0 Å². The summed E-state index contributed by atoms with van der Waals surface area (Å²) in [6.07, 6.45) is 2.87. The van der Waals surface area contributed by atoms with Crippen LogP contribution in [0.25, 0.3) is 10.9 Å². The van der Waals surface area contributed by atoms with Crippen LogP contribution in [0.5, 0.6) is 0 Å². The van der Waals surface area contributed by atoms with Crippen molar-refractivity contribution in [3.05, 3.63) is 59.8 Å². The molecule has 1 aliphatic rings. The van der Waals surface area contributed by atoms with Crippen LogP contribution in [0.15, 0.2) is 48.7 Å². The van der Waals surface area contributed by atoms with Gasteiger partial charge in [0.25, 0.3) is 0 Å². The molecule has 0 spiro atoms. The molecule has 5 heteroatoms. The molecular weight excluding hydrogens is 300 g/mol. The predicted octanol–water partition coefficient (Wildman–Crippen LogP) is 3.64. The van der Waals surface area contributed by atoms with Gasteiger partial charge >= 0.3 is 6.03 Å². The highest BCUT2D eigenvalue weighted by atomic mass is 16.2. The fourth-order valence-electron chi connectivity index (χ4n) is 3.22. The number of carbonyl (C=O) groups excluding carboxylic acids is 1. The molecule has 3 aromatic rings. The molecule has 5 nitrogen and oxygen atoms in total. The standard InChI is InChI=1S/C19H16N4O/c1-22-7-5-14-11-18-15(10-17(14)22)6-8-23(18)19(24)21-16-4-2-3-13(9-16)12-20/h2-5,7,9-11H,6,8H2,1H3,(H,21,24). The first-order valence-electron chi connectivity index (χ1n) is 7.82. The summed E-state index contributed by atoms with van der Waals surface area (Å²) >= 11 is 0. The van der Waals surface area contributed by atoms with Crippen LogP contribution in [0, 0.1) is 11.3 Å². The van der Waals surface area contributed by atoms with Gasteiger partial charge in [0.15, 0.2) is 0 Å². The molecule has 1 N–H and O–H groups in total. The van der Waals surface area contributed by atoms with Crippen molar-refractivity contribution in [3.63, 3.8) is 0 Å². The molecule has 0 bridgehead atoms. The van der Waals surface area contributed by atoms with Crippen molar-refractivity contribution in [2.45, 2.75) is 6.42 Å². The second kappa shape index (κ2) is 5.43. The van der Waals surface area contributed by atoms with Crippen LogP contribution in [0.4, 0.5) is 16.2 Å². The van der Waals surface area contributed by atoms with E-state index in [1.54, 1.807) is 29.2 Å². The predicted molar refractivity (Wildman–Crippen MR) is 94.1 cm³/mol. The average Bonchev–Trinajstić information content (AvgIpc) is 3.17. The van der Waals surface area contributed by atoms with E-state index < -0.39 is 0 Å². The number of benzene rings is 2. The Morgan fingerprint density at radius 2 is 2.12 bits per heavy atom. The first kappa shape index (κ1) is 14.3. The van der Waals surface area contributed by atoms with Gasteiger partial charge < -0.3 is 9.88 Å². The normalized spacial score (nSPS) is 12.9. The Labute approximate surface area is 139 Å². The molecule has 118 valence electrons. The fraction of sp³-hybridized carbons (Fsp3) is 0.158. The molecule has 4 rings (SSSR count). The topological polar surface area (TPSA) is 61.1 Å². The van der Waals surface area contributed by atoms with Crippen molar-refractivity contribution < 1.29 is 4.79 Å². The second-order valence-corrected chi connectivity index (χ2v) is 5.99. The molecule has 2 aromatic carbocycles. The maximum absolute atomic E-state index is 12.6. The Morgan fingerprint density at radius 3 is 2.96 bits per heavy atom. The van der Waals surface area contributed by atoms with E-state index in [2.05, 4.69) is 34.2 Å². The van der Waals surface area contributed by atoms with E-state index in [1.165, 1.54) is 11.1 Å². The molecule has 0 fully saturated rings. The Bertz CT molecular complexity index is 996. The Balaban J connectivity index is 1.63. The summed E-state index contributed by atoms with van der Waals surface area (Å²) in [5.74, 6) is 0. The summed E-state index contributed by atoms with van der Waals surface area (Å²) < 4.78 is 2.09. The molecule has 0 atom stereocenters. The lowest BCUT2D eigenvalue weighted by atomic mass is 10.1. The highest BCUT2D eigenvalue weighted by Gasteiger charge is 2.25. The summed E-state index contributed by atoms with van der Waals surface area (Å²) in [6, 6.07) is 15.1. The van der Waals surface area contributed by atoms with Gasteiger partial charge in [0, 0.05) is 42.1 Å². The van der Waals surface area contributed by atoms with E-state index in [4.69, 9.17) is 5.26 Å². The number of aromatic nitrogens is 1. The molecule has 0 aliphatic carbocycles. The molecule has 1 aromatic heterocycles. The van der Waals surface area contributed by atoms with Crippen LogP contribution < -0.4 is 10.2 Å². The number of rotatable bonds is 1. The van der Waals surface area contributed by atoms with Gasteiger partial charge in [-0.05, 0) is 48.4 Å². The maximum atomic E-state index is 12.6. The van der Waals surface area contributed by atoms with E-state index in [1.807, 2.05) is 13.2 Å². The highest BCUT2D eigenvalue weighted by Crippen LogP contribution is 2.33. The zero-order valence-electron chi connectivity index (χ0n) is 13.3. The zero-order chi connectivity index (χ0) is 16.7. The lowest BCUT2D eigenvalue weighted by Crippen LogP contribution is -2.33. The molecule has 0 radical (unpaired) electrons. The number of nitrogens with one attached hydrogen (secondary N) is 1. The third kappa shape index (κ3) is 2.29. The van der Waals surface area contributed by atoms with Crippen molar-refractivity contribution in [2.24, 2.45) is 7.05 Å². The number of anilines is 2. The molecule has 24 heavy (non-hydrogen) atoms. The van der Waals surface area contributed by atoms with E-state index >= 15 is 0 Å². The zero-order valence-corrected chi connectivity index (χ0v) is 13.3. The molecule has 0 saturated carbocycles. The number of carbonyl (C=O) groups is 1. The average molecular weight is 316 g/mol. The van der Waals surface area contributed by atoms with E-state index in [0.29, 0.717) is 17.8 Å². The van der Waals surface area contributed by atoms with Gasteiger partial charge in [-0.1, -0.05) is 6.07 Å². The summed E-state index contributed by atoms with van der Waals surface area (Å²) in [4.78, 5) is 14.4. The summed E-state index contributed by atoms with van der Waals surface area (Å²) in [6.45, 7) is 0.662. The van der Waals surface area contributed by atoms with Gasteiger partial charge in [-0.15, -0.1) is 0 Å². The third-order valence-corrected chi connectivity index (χ3v) is 4.47. The molecule has 2 heterocycles. The van der Waals surface area contributed by atoms with E-state index in [0.717, 1.165) is 17.5 Å². The summed E-state index contributed by atoms with van der Waals surface area (Å²) in [7, 11) is 2.02. The van der Waals surface area contributed by atoms with Gasteiger partial charge in [0.1, 0.15) is 0 Å². The number of amides is 2. The SMILES string of the molecule is Cn1ccc2cc3c(cc21)CCN3C(=O)Nc1cccc(C#N)c1. The molecular formula is C19H16N4O. The van der Waals surface area contributed by atoms with Crippen LogP contribution in [-0.2, 0) is 13.5 Å². The largest absolute Gasteiger partial charge is 0.351 e.